The second-order valence-corrected chi connectivity index (χ2v) is 3.73. The quantitative estimate of drug-likeness (QED) is 0.751. The number of nitrogens with two attached hydrogens (primary N) is 1. The number of hydrogen-bond acceptors (Lipinski definition) is 3. The van der Waals surface area contributed by atoms with Crippen molar-refractivity contribution in [2.45, 2.75) is 13.0 Å². The van der Waals surface area contributed by atoms with Gasteiger partial charge in [0.25, 0.3) is 0 Å². The molecule has 1 atom stereocenters. The molecule has 0 aliphatic carbocycles. The first kappa shape index (κ1) is 10.1. The summed E-state index contributed by atoms with van der Waals surface area (Å²) in [6.45, 7) is 6.97. The van der Waals surface area contributed by atoms with Gasteiger partial charge in [0.05, 0.1) is 6.04 Å². The zero-order chi connectivity index (χ0) is 10.8. The van der Waals surface area contributed by atoms with Gasteiger partial charge < -0.3 is 15.2 Å². The number of benzene rings is 1. The molecule has 2 rings (SSSR count). The zero-order valence-corrected chi connectivity index (χ0v) is 8.82. The van der Waals surface area contributed by atoms with Crippen molar-refractivity contribution in [1.82, 2.24) is 0 Å². The van der Waals surface area contributed by atoms with Gasteiger partial charge in [-0.3, -0.25) is 0 Å². The minimum Gasteiger partial charge on any atom is -0.486 e. The van der Waals surface area contributed by atoms with Crippen molar-refractivity contribution < 1.29 is 9.47 Å². The normalized spacial score (nSPS) is 15.9. The molecule has 3 nitrogen and oxygen atoms in total. The number of rotatable bonds is 2. The van der Waals surface area contributed by atoms with E-state index in [1.807, 2.05) is 25.1 Å². The van der Waals surface area contributed by atoms with Crippen LogP contribution in [0.1, 0.15) is 18.5 Å². The van der Waals surface area contributed by atoms with E-state index in [0.29, 0.717) is 13.2 Å². The molecule has 15 heavy (non-hydrogen) atoms. The Balaban J connectivity index is 2.31. The van der Waals surface area contributed by atoms with Crippen molar-refractivity contribution in [2.24, 2.45) is 5.73 Å². The lowest BCUT2D eigenvalue weighted by molar-refractivity contribution is 0.171. The third kappa shape index (κ3) is 1.97. The molecule has 0 radical (unpaired) electrons. The molecule has 1 aliphatic heterocycles. The fourth-order valence-electron chi connectivity index (χ4n) is 1.54. The Labute approximate surface area is 89.5 Å². The van der Waals surface area contributed by atoms with Crippen LogP contribution in [0.4, 0.5) is 0 Å². The van der Waals surface area contributed by atoms with Gasteiger partial charge in [0.15, 0.2) is 11.5 Å². The number of fused-ring (bicyclic) bond motifs is 1. The van der Waals surface area contributed by atoms with Crippen LogP contribution in [0.15, 0.2) is 30.4 Å². The van der Waals surface area contributed by atoms with Crippen molar-refractivity contribution in [2.75, 3.05) is 13.2 Å². The monoisotopic (exact) mass is 205 g/mol. The van der Waals surface area contributed by atoms with E-state index in [1.165, 1.54) is 0 Å². The third-order valence-corrected chi connectivity index (χ3v) is 2.46. The van der Waals surface area contributed by atoms with Gasteiger partial charge in [-0.1, -0.05) is 18.2 Å². The standard InChI is InChI=1S/C12H15NO2/c1-8(2)12(13)9-3-4-10-11(7-9)15-6-5-14-10/h3-4,7,12H,1,5-6,13H2,2H3. The summed E-state index contributed by atoms with van der Waals surface area (Å²) in [6.07, 6.45) is 0. The van der Waals surface area contributed by atoms with Gasteiger partial charge in [0.2, 0.25) is 0 Å². The van der Waals surface area contributed by atoms with Crippen molar-refractivity contribution in [3.05, 3.63) is 35.9 Å². The lowest BCUT2D eigenvalue weighted by Gasteiger charge is -2.20. The fourth-order valence-corrected chi connectivity index (χ4v) is 1.54. The second-order valence-electron chi connectivity index (χ2n) is 3.73. The molecular weight excluding hydrogens is 190 g/mol. The van der Waals surface area contributed by atoms with E-state index in [1.54, 1.807) is 0 Å². The highest BCUT2D eigenvalue weighted by atomic mass is 16.6. The maximum Gasteiger partial charge on any atom is 0.161 e. The summed E-state index contributed by atoms with van der Waals surface area (Å²) >= 11 is 0. The van der Waals surface area contributed by atoms with Crippen LogP contribution >= 0.6 is 0 Å². The highest BCUT2D eigenvalue weighted by molar-refractivity contribution is 5.45. The molecule has 2 N–H and O–H groups in total. The lowest BCUT2D eigenvalue weighted by Crippen LogP contribution is -2.17. The summed E-state index contributed by atoms with van der Waals surface area (Å²) in [5.41, 5.74) is 7.92. The van der Waals surface area contributed by atoms with Gasteiger partial charge in [-0.2, -0.15) is 0 Å². The van der Waals surface area contributed by atoms with E-state index in [-0.39, 0.29) is 6.04 Å². The Morgan fingerprint density at radius 1 is 1.33 bits per heavy atom. The molecule has 0 saturated carbocycles. The van der Waals surface area contributed by atoms with Gasteiger partial charge in [-0.15, -0.1) is 0 Å². The van der Waals surface area contributed by atoms with Crippen LogP contribution in [-0.4, -0.2) is 13.2 Å². The maximum atomic E-state index is 5.98. The molecule has 1 aromatic carbocycles. The molecule has 0 spiro atoms. The smallest absolute Gasteiger partial charge is 0.161 e. The molecular formula is C12H15NO2. The molecule has 3 heteroatoms. The van der Waals surface area contributed by atoms with Crippen LogP contribution in [0, 0.1) is 0 Å². The van der Waals surface area contributed by atoms with Crippen LogP contribution < -0.4 is 15.2 Å². The van der Waals surface area contributed by atoms with E-state index in [9.17, 15) is 0 Å². The van der Waals surface area contributed by atoms with E-state index in [2.05, 4.69) is 6.58 Å². The highest BCUT2D eigenvalue weighted by Gasteiger charge is 2.14. The SMILES string of the molecule is C=C(C)C(N)c1ccc2c(c1)OCCO2. The zero-order valence-electron chi connectivity index (χ0n) is 8.82. The number of hydrogen-bond donors (Lipinski definition) is 1. The summed E-state index contributed by atoms with van der Waals surface area (Å²) in [7, 11) is 0. The molecule has 1 unspecified atom stereocenters. The van der Waals surface area contributed by atoms with Gasteiger partial charge in [-0.25, -0.2) is 0 Å². The molecule has 0 bridgehead atoms. The molecule has 1 aromatic rings. The predicted octanol–water partition coefficient (Wildman–Crippen LogP) is 2.03. The Bertz CT molecular complexity index is 387. The first-order valence-corrected chi connectivity index (χ1v) is 4.99. The molecule has 1 aliphatic rings. The van der Waals surface area contributed by atoms with Gasteiger partial charge >= 0.3 is 0 Å². The minimum atomic E-state index is -0.138. The topological polar surface area (TPSA) is 44.5 Å². The van der Waals surface area contributed by atoms with Crippen LogP contribution in [-0.2, 0) is 0 Å². The molecule has 80 valence electrons. The second kappa shape index (κ2) is 3.95. The predicted molar refractivity (Wildman–Crippen MR) is 59.2 cm³/mol. The Morgan fingerprint density at radius 3 is 2.67 bits per heavy atom. The van der Waals surface area contributed by atoms with E-state index >= 15 is 0 Å². The first-order chi connectivity index (χ1) is 7.18. The van der Waals surface area contributed by atoms with Crippen molar-refractivity contribution >= 4 is 0 Å². The summed E-state index contributed by atoms with van der Waals surface area (Å²) < 4.78 is 10.9. The molecule has 0 aromatic heterocycles. The molecule has 0 saturated heterocycles. The fraction of sp³-hybridized carbons (Fsp3) is 0.333. The number of ether oxygens (including phenoxy) is 2. The van der Waals surface area contributed by atoms with Gasteiger partial charge in [0.1, 0.15) is 13.2 Å². The van der Waals surface area contributed by atoms with Crippen molar-refractivity contribution in [1.29, 1.82) is 0 Å². The van der Waals surface area contributed by atoms with Crippen molar-refractivity contribution in [3.8, 4) is 11.5 Å². The van der Waals surface area contributed by atoms with Gasteiger partial charge in [0, 0.05) is 0 Å². The van der Waals surface area contributed by atoms with Crippen LogP contribution in [0.2, 0.25) is 0 Å². The highest BCUT2D eigenvalue weighted by Crippen LogP contribution is 2.33. The molecule has 0 fully saturated rings. The average molecular weight is 205 g/mol. The lowest BCUT2D eigenvalue weighted by atomic mass is 10.0. The Kier molecular flexibility index (Phi) is 2.64. The Hall–Kier alpha value is -1.48. The Morgan fingerprint density at radius 2 is 2.00 bits per heavy atom. The largest absolute Gasteiger partial charge is 0.486 e. The van der Waals surface area contributed by atoms with Crippen LogP contribution in [0.3, 0.4) is 0 Å². The third-order valence-electron chi connectivity index (χ3n) is 2.46. The van der Waals surface area contributed by atoms with Gasteiger partial charge in [-0.05, 0) is 24.6 Å². The average Bonchev–Trinajstić information content (AvgIpc) is 2.27. The summed E-state index contributed by atoms with van der Waals surface area (Å²) in [4.78, 5) is 0. The summed E-state index contributed by atoms with van der Waals surface area (Å²) in [5.74, 6) is 1.56. The first-order valence-electron chi connectivity index (χ1n) is 4.99. The van der Waals surface area contributed by atoms with Crippen LogP contribution in [0.5, 0.6) is 11.5 Å². The summed E-state index contributed by atoms with van der Waals surface area (Å²) in [6, 6.07) is 5.63. The van der Waals surface area contributed by atoms with E-state index < -0.39 is 0 Å². The molecule has 0 amide bonds. The van der Waals surface area contributed by atoms with Crippen molar-refractivity contribution in [3.63, 3.8) is 0 Å². The minimum absolute atomic E-state index is 0.138. The van der Waals surface area contributed by atoms with E-state index in [4.69, 9.17) is 15.2 Å². The maximum absolute atomic E-state index is 5.98. The molecule has 1 heterocycles. The summed E-state index contributed by atoms with van der Waals surface area (Å²) in [5, 5.41) is 0. The van der Waals surface area contributed by atoms with Crippen LogP contribution in [0.25, 0.3) is 0 Å². The van der Waals surface area contributed by atoms with E-state index in [0.717, 1.165) is 22.6 Å².